The summed E-state index contributed by atoms with van der Waals surface area (Å²) >= 11 is 2.25. The van der Waals surface area contributed by atoms with Gasteiger partial charge in [-0.25, -0.2) is 0 Å². The maximum atomic E-state index is 12.4. The number of carbonyl (C=O) groups excluding carboxylic acids is 1. The highest BCUT2D eigenvalue weighted by Crippen LogP contribution is 2.25. The van der Waals surface area contributed by atoms with Crippen LogP contribution in [-0.2, 0) is 0 Å². The van der Waals surface area contributed by atoms with Crippen LogP contribution in [-0.4, -0.2) is 5.91 Å². The molecule has 0 fully saturated rings. The van der Waals surface area contributed by atoms with E-state index in [4.69, 9.17) is 4.42 Å². The molecule has 0 spiro atoms. The van der Waals surface area contributed by atoms with Crippen LogP contribution in [0, 0.1) is 24.3 Å². The third-order valence-electron chi connectivity index (χ3n) is 4.06. The Kier molecular flexibility index (Phi) is 4.76. The zero-order valence-electron chi connectivity index (χ0n) is 13.8. The second-order valence-corrected chi connectivity index (χ2v) is 7.12. The lowest BCUT2D eigenvalue weighted by Crippen LogP contribution is -2.11. The van der Waals surface area contributed by atoms with E-state index in [1.165, 1.54) is 11.1 Å². The van der Waals surface area contributed by atoms with Crippen molar-refractivity contribution in [1.82, 2.24) is 0 Å². The smallest absolute Gasteiger partial charge is 0.291 e. The number of hydrogen-bond donors (Lipinski definition) is 1. The molecule has 1 heterocycles. The van der Waals surface area contributed by atoms with Gasteiger partial charge in [-0.3, -0.25) is 4.79 Å². The molecule has 0 saturated carbocycles. The lowest BCUT2D eigenvalue weighted by Gasteiger charge is -2.07. The summed E-state index contributed by atoms with van der Waals surface area (Å²) in [5.41, 5.74) is 5.23. The second-order valence-electron chi connectivity index (χ2n) is 5.88. The van der Waals surface area contributed by atoms with E-state index >= 15 is 0 Å². The molecule has 24 heavy (non-hydrogen) atoms. The van der Waals surface area contributed by atoms with E-state index in [9.17, 15) is 4.79 Å². The fraction of sp³-hybridized carbons (Fsp3) is 0.150. The molecule has 3 nitrogen and oxygen atoms in total. The van der Waals surface area contributed by atoms with Crippen molar-refractivity contribution < 1.29 is 9.21 Å². The van der Waals surface area contributed by atoms with Crippen molar-refractivity contribution in [1.29, 1.82) is 0 Å². The van der Waals surface area contributed by atoms with Crippen LogP contribution >= 0.6 is 22.6 Å². The summed E-state index contributed by atoms with van der Waals surface area (Å²) in [6.07, 6.45) is 0. The molecule has 122 valence electrons. The first-order valence-electron chi connectivity index (χ1n) is 7.69. The predicted molar refractivity (Wildman–Crippen MR) is 105 cm³/mol. The van der Waals surface area contributed by atoms with Crippen molar-refractivity contribution in [3.8, 4) is 11.3 Å². The van der Waals surface area contributed by atoms with E-state index in [0.29, 0.717) is 11.5 Å². The highest BCUT2D eigenvalue weighted by molar-refractivity contribution is 14.1. The molecule has 0 atom stereocenters. The highest BCUT2D eigenvalue weighted by atomic mass is 127. The number of carbonyl (C=O) groups is 1. The van der Waals surface area contributed by atoms with E-state index < -0.39 is 0 Å². The minimum absolute atomic E-state index is 0.241. The van der Waals surface area contributed by atoms with Crippen molar-refractivity contribution in [2.45, 2.75) is 20.8 Å². The summed E-state index contributed by atoms with van der Waals surface area (Å²) in [4.78, 5) is 12.4. The van der Waals surface area contributed by atoms with Crippen molar-refractivity contribution in [2.75, 3.05) is 5.32 Å². The summed E-state index contributed by atoms with van der Waals surface area (Å²) in [5, 5.41) is 2.90. The first-order valence-corrected chi connectivity index (χ1v) is 8.77. The normalized spacial score (nSPS) is 10.7. The minimum atomic E-state index is -0.241. The number of hydrogen-bond acceptors (Lipinski definition) is 2. The quantitative estimate of drug-likeness (QED) is 0.539. The Morgan fingerprint density at radius 3 is 2.42 bits per heavy atom. The zero-order chi connectivity index (χ0) is 17.3. The Balaban J connectivity index is 1.82. The van der Waals surface area contributed by atoms with Crippen LogP contribution in [0.4, 0.5) is 5.69 Å². The number of aryl methyl sites for hydroxylation is 3. The molecule has 0 unspecified atom stereocenters. The molecule has 0 aliphatic carbocycles. The topological polar surface area (TPSA) is 42.2 Å². The fourth-order valence-corrected chi connectivity index (χ4v) is 3.11. The van der Waals surface area contributed by atoms with E-state index in [0.717, 1.165) is 20.4 Å². The maximum Gasteiger partial charge on any atom is 0.291 e. The third kappa shape index (κ3) is 3.53. The number of amides is 1. The van der Waals surface area contributed by atoms with Gasteiger partial charge in [0.05, 0.1) is 0 Å². The number of furan rings is 1. The molecule has 2 aromatic carbocycles. The fourth-order valence-electron chi connectivity index (χ4n) is 2.46. The first-order chi connectivity index (χ1) is 11.4. The summed E-state index contributed by atoms with van der Waals surface area (Å²) in [5.74, 6) is 0.762. The second kappa shape index (κ2) is 6.81. The molecule has 3 rings (SSSR count). The molecule has 1 amide bonds. The molecule has 1 N–H and O–H groups in total. The van der Waals surface area contributed by atoms with Crippen LogP contribution < -0.4 is 5.32 Å². The van der Waals surface area contributed by atoms with Crippen LogP contribution in [0.15, 0.2) is 52.9 Å². The SMILES string of the molecule is Cc1ccc(-c2ccc(C(=O)Nc3ccc(I)cc3C)o2)cc1C. The zero-order valence-corrected chi connectivity index (χ0v) is 16.0. The lowest BCUT2D eigenvalue weighted by molar-refractivity contribution is 0.0997. The number of benzene rings is 2. The van der Waals surface area contributed by atoms with Gasteiger partial charge in [0.2, 0.25) is 0 Å². The van der Waals surface area contributed by atoms with Gasteiger partial charge in [-0.1, -0.05) is 12.1 Å². The van der Waals surface area contributed by atoms with Crippen molar-refractivity contribution in [3.63, 3.8) is 0 Å². The average Bonchev–Trinajstić information content (AvgIpc) is 3.03. The summed E-state index contributed by atoms with van der Waals surface area (Å²) < 4.78 is 6.89. The number of halogens is 1. The predicted octanol–water partition coefficient (Wildman–Crippen LogP) is 5.73. The molecule has 0 bridgehead atoms. The van der Waals surface area contributed by atoms with Crippen LogP contribution in [0.5, 0.6) is 0 Å². The molecular formula is C20H18INO2. The van der Waals surface area contributed by atoms with Crippen molar-refractivity contribution in [2.24, 2.45) is 0 Å². The van der Waals surface area contributed by atoms with Gasteiger partial charge >= 0.3 is 0 Å². The third-order valence-corrected chi connectivity index (χ3v) is 4.73. The lowest BCUT2D eigenvalue weighted by atomic mass is 10.1. The van der Waals surface area contributed by atoms with Gasteiger partial charge in [0, 0.05) is 14.8 Å². The maximum absolute atomic E-state index is 12.4. The highest BCUT2D eigenvalue weighted by Gasteiger charge is 2.14. The van der Waals surface area contributed by atoms with Gasteiger partial charge in [0.25, 0.3) is 5.91 Å². The van der Waals surface area contributed by atoms with Gasteiger partial charge in [-0.05, 0) is 96.5 Å². The molecule has 0 saturated heterocycles. The molecule has 0 radical (unpaired) electrons. The number of anilines is 1. The van der Waals surface area contributed by atoms with Crippen LogP contribution in [0.2, 0.25) is 0 Å². The van der Waals surface area contributed by atoms with Gasteiger partial charge < -0.3 is 9.73 Å². The van der Waals surface area contributed by atoms with E-state index in [-0.39, 0.29) is 5.91 Å². The Hall–Kier alpha value is -2.08. The number of rotatable bonds is 3. The molecular weight excluding hydrogens is 413 g/mol. The summed E-state index contributed by atoms with van der Waals surface area (Å²) in [7, 11) is 0. The van der Waals surface area contributed by atoms with E-state index in [1.807, 2.05) is 37.3 Å². The molecule has 0 aliphatic rings. The average molecular weight is 431 g/mol. The first kappa shape index (κ1) is 16.8. The standard InChI is InChI=1S/C20H18INO2/c1-12-4-5-15(10-13(12)2)18-8-9-19(24-18)20(23)22-17-7-6-16(21)11-14(17)3/h4-11H,1-3H3,(H,22,23). The van der Waals surface area contributed by atoms with E-state index in [2.05, 4.69) is 53.9 Å². The van der Waals surface area contributed by atoms with Gasteiger partial charge in [0.15, 0.2) is 5.76 Å². The van der Waals surface area contributed by atoms with Crippen LogP contribution in [0.3, 0.4) is 0 Å². The van der Waals surface area contributed by atoms with Crippen molar-refractivity contribution in [3.05, 3.63) is 74.6 Å². The summed E-state index contributed by atoms with van der Waals surface area (Å²) in [6, 6.07) is 15.6. The Morgan fingerprint density at radius 2 is 1.71 bits per heavy atom. The molecule has 4 heteroatoms. The largest absolute Gasteiger partial charge is 0.451 e. The molecule has 1 aromatic heterocycles. The molecule has 3 aromatic rings. The van der Waals surface area contributed by atoms with Crippen LogP contribution in [0.25, 0.3) is 11.3 Å². The van der Waals surface area contributed by atoms with Crippen molar-refractivity contribution >= 4 is 34.2 Å². The summed E-state index contributed by atoms with van der Waals surface area (Å²) in [6.45, 7) is 6.11. The minimum Gasteiger partial charge on any atom is -0.451 e. The monoisotopic (exact) mass is 431 g/mol. The van der Waals surface area contributed by atoms with Gasteiger partial charge in [-0.15, -0.1) is 0 Å². The van der Waals surface area contributed by atoms with Crippen LogP contribution in [0.1, 0.15) is 27.2 Å². The Labute approximate surface area is 155 Å². The van der Waals surface area contributed by atoms with Gasteiger partial charge in [-0.2, -0.15) is 0 Å². The van der Waals surface area contributed by atoms with Gasteiger partial charge in [0.1, 0.15) is 5.76 Å². The molecule has 0 aliphatic heterocycles. The number of nitrogens with one attached hydrogen (secondary N) is 1. The Morgan fingerprint density at radius 1 is 0.917 bits per heavy atom. The van der Waals surface area contributed by atoms with E-state index in [1.54, 1.807) is 6.07 Å². The Bertz CT molecular complexity index is 912.